The van der Waals surface area contributed by atoms with Crippen LogP contribution in [0.1, 0.15) is 19.3 Å². The van der Waals surface area contributed by atoms with E-state index >= 15 is 0 Å². The van der Waals surface area contributed by atoms with Gasteiger partial charge in [-0.1, -0.05) is 176 Å². The van der Waals surface area contributed by atoms with Crippen LogP contribution in [-0.4, -0.2) is 8.07 Å². The van der Waals surface area contributed by atoms with Crippen molar-refractivity contribution in [1.82, 2.24) is 0 Å². The average Bonchev–Trinajstić information content (AvgIpc) is 3.61. The number of fused-ring (bicyclic) bond motifs is 2. The summed E-state index contributed by atoms with van der Waals surface area (Å²) in [7, 11) is -3.10. The molecule has 0 heterocycles. The van der Waals surface area contributed by atoms with Crippen molar-refractivity contribution in [2.24, 2.45) is 0 Å². The third-order valence-corrected chi connectivity index (χ3v) is 16.8. The van der Waals surface area contributed by atoms with Gasteiger partial charge in [0.05, 0.1) is 0 Å². The van der Waals surface area contributed by atoms with E-state index in [1.807, 2.05) is 0 Å². The number of anilines is 6. The SMILES string of the molecule is C1=CC([Si](c2ccccc2)(c2cccc(N(c3ccccc3)c3ccc4ccccc4c3)c2)c2ccccc2N(c2ccccc2)c2ccc3ccccc3c2)=CCCC1. The highest BCUT2D eigenvalue weighted by molar-refractivity contribution is 7.17. The molecule has 0 bridgehead atoms. The summed E-state index contributed by atoms with van der Waals surface area (Å²) in [6.07, 6.45) is 10.7. The molecule has 0 saturated heterocycles. The standard InChI is InChI=1S/C57H46N2Si/c1-2-11-31-53(30-10-1)60(54-32-12-5-13-33-54,55-34-20-29-50(43-55)58(48-25-6-3-7-26-48)51-39-37-44-21-14-16-23-46(44)41-51)57-36-19-18-35-56(57)59(49-27-8-4-9-28-49)52-40-38-45-22-15-17-24-47(45)42-52/h3-10,12-43H,1-2,11H2. The Kier molecular flexibility index (Phi) is 10.2. The summed E-state index contributed by atoms with van der Waals surface area (Å²) in [4.78, 5) is 4.91. The lowest BCUT2D eigenvalue weighted by Gasteiger charge is -2.39. The normalized spacial score (nSPS) is 13.6. The van der Waals surface area contributed by atoms with E-state index in [0.717, 1.165) is 47.7 Å². The smallest absolute Gasteiger partial charge is 0.181 e. The van der Waals surface area contributed by atoms with Crippen molar-refractivity contribution < 1.29 is 0 Å². The Morgan fingerprint density at radius 1 is 0.350 bits per heavy atom. The molecule has 60 heavy (non-hydrogen) atoms. The molecule has 1 aliphatic carbocycles. The quantitative estimate of drug-likeness (QED) is 0.101. The number of hydrogen-bond acceptors (Lipinski definition) is 2. The third kappa shape index (κ3) is 6.93. The van der Waals surface area contributed by atoms with Gasteiger partial charge in [-0.05, 0) is 128 Å². The van der Waals surface area contributed by atoms with Gasteiger partial charge in [-0.2, -0.15) is 0 Å². The maximum absolute atomic E-state index is 3.10. The second-order valence-electron chi connectivity index (χ2n) is 15.6. The molecule has 0 radical (unpaired) electrons. The largest absolute Gasteiger partial charge is 0.311 e. The molecule has 3 heteroatoms. The molecule has 0 aliphatic heterocycles. The van der Waals surface area contributed by atoms with Crippen LogP contribution >= 0.6 is 0 Å². The molecule has 0 N–H and O–H groups in total. The highest BCUT2D eigenvalue weighted by Crippen LogP contribution is 2.39. The number of hydrogen-bond donors (Lipinski definition) is 0. The molecule has 0 aromatic heterocycles. The van der Waals surface area contributed by atoms with Gasteiger partial charge in [-0.3, -0.25) is 0 Å². The molecule has 1 atom stereocenters. The zero-order valence-corrected chi connectivity index (χ0v) is 34.6. The summed E-state index contributed by atoms with van der Waals surface area (Å²) in [5.74, 6) is 0. The van der Waals surface area contributed by atoms with Gasteiger partial charge in [0.25, 0.3) is 0 Å². The van der Waals surface area contributed by atoms with Gasteiger partial charge in [0.1, 0.15) is 0 Å². The molecule has 9 aromatic carbocycles. The van der Waals surface area contributed by atoms with Crippen LogP contribution in [0.15, 0.2) is 248 Å². The first-order valence-corrected chi connectivity index (χ1v) is 23.1. The van der Waals surface area contributed by atoms with Crippen molar-refractivity contribution in [3.8, 4) is 0 Å². The third-order valence-electron chi connectivity index (χ3n) is 12.0. The van der Waals surface area contributed by atoms with E-state index in [0.29, 0.717) is 0 Å². The highest BCUT2D eigenvalue weighted by atomic mass is 28.3. The molecule has 10 rings (SSSR count). The van der Waals surface area contributed by atoms with Crippen LogP contribution in [0.5, 0.6) is 0 Å². The first-order chi connectivity index (χ1) is 29.8. The lowest BCUT2D eigenvalue weighted by molar-refractivity contribution is 0.875. The van der Waals surface area contributed by atoms with Crippen LogP contribution in [0.4, 0.5) is 34.1 Å². The Bertz CT molecular complexity index is 2970. The highest BCUT2D eigenvalue weighted by Gasteiger charge is 2.45. The van der Waals surface area contributed by atoms with Gasteiger partial charge in [0, 0.05) is 34.1 Å². The zero-order chi connectivity index (χ0) is 40.1. The Balaban J connectivity index is 1.27. The van der Waals surface area contributed by atoms with Crippen molar-refractivity contribution >= 4 is 79.3 Å². The minimum Gasteiger partial charge on any atom is -0.311 e. The molecule has 9 aromatic rings. The first kappa shape index (κ1) is 37.1. The number of nitrogens with zero attached hydrogens (tertiary/aromatic N) is 2. The van der Waals surface area contributed by atoms with Crippen molar-refractivity contribution in [1.29, 1.82) is 0 Å². The Morgan fingerprint density at radius 2 is 0.850 bits per heavy atom. The summed E-state index contributed by atoms with van der Waals surface area (Å²) in [5.41, 5.74) is 6.83. The van der Waals surface area contributed by atoms with Crippen LogP contribution in [0.3, 0.4) is 0 Å². The van der Waals surface area contributed by atoms with Gasteiger partial charge in [0.15, 0.2) is 8.07 Å². The molecular weight excluding hydrogens is 741 g/mol. The summed E-state index contributed by atoms with van der Waals surface area (Å²) >= 11 is 0. The fourth-order valence-corrected chi connectivity index (χ4v) is 14.3. The van der Waals surface area contributed by atoms with E-state index in [1.165, 1.54) is 48.0 Å². The van der Waals surface area contributed by atoms with E-state index < -0.39 is 8.07 Å². The Morgan fingerprint density at radius 3 is 1.52 bits per heavy atom. The minimum atomic E-state index is -3.10. The molecule has 2 nitrogen and oxygen atoms in total. The molecular formula is C57H46N2Si. The summed E-state index contributed by atoms with van der Waals surface area (Å²) in [6.45, 7) is 0. The van der Waals surface area contributed by atoms with Crippen LogP contribution in [0, 0.1) is 0 Å². The topological polar surface area (TPSA) is 6.48 Å². The van der Waals surface area contributed by atoms with Gasteiger partial charge < -0.3 is 9.80 Å². The van der Waals surface area contributed by atoms with Crippen LogP contribution in [-0.2, 0) is 0 Å². The zero-order valence-electron chi connectivity index (χ0n) is 33.6. The molecule has 0 spiro atoms. The molecule has 0 saturated carbocycles. The summed E-state index contributed by atoms with van der Waals surface area (Å²) in [6, 6.07) is 82.8. The summed E-state index contributed by atoms with van der Waals surface area (Å²) in [5, 5.41) is 10.4. The molecule has 0 fully saturated rings. The van der Waals surface area contributed by atoms with Crippen molar-refractivity contribution in [2.45, 2.75) is 19.3 Å². The second kappa shape index (κ2) is 16.6. The van der Waals surface area contributed by atoms with Gasteiger partial charge in [-0.15, -0.1) is 0 Å². The maximum Gasteiger partial charge on any atom is 0.181 e. The van der Waals surface area contributed by atoms with Crippen LogP contribution < -0.4 is 25.4 Å². The number of para-hydroxylation sites is 3. The number of rotatable bonds is 10. The van der Waals surface area contributed by atoms with Gasteiger partial charge in [0.2, 0.25) is 0 Å². The lowest BCUT2D eigenvalue weighted by Crippen LogP contribution is -2.69. The number of allylic oxidation sites excluding steroid dienone is 4. The second-order valence-corrected chi connectivity index (χ2v) is 19.4. The van der Waals surface area contributed by atoms with E-state index in [9.17, 15) is 0 Å². The van der Waals surface area contributed by atoms with Crippen LogP contribution in [0.25, 0.3) is 21.5 Å². The monoisotopic (exact) mass is 786 g/mol. The molecule has 1 unspecified atom stereocenters. The molecule has 288 valence electrons. The van der Waals surface area contributed by atoms with E-state index in [1.54, 1.807) is 0 Å². The maximum atomic E-state index is 2.56. The average molecular weight is 787 g/mol. The summed E-state index contributed by atoms with van der Waals surface area (Å²) < 4.78 is 0. The molecule has 1 aliphatic rings. The fourth-order valence-electron chi connectivity index (χ4n) is 9.23. The van der Waals surface area contributed by atoms with Crippen molar-refractivity contribution in [3.05, 3.63) is 248 Å². The predicted molar refractivity (Wildman–Crippen MR) is 259 cm³/mol. The van der Waals surface area contributed by atoms with E-state index in [-0.39, 0.29) is 0 Å². The Labute approximate surface area is 354 Å². The van der Waals surface area contributed by atoms with Crippen LogP contribution in [0.2, 0.25) is 0 Å². The lowest BCUT2D eigenvalue weighted by atomic mass is 10.1. The van der Waals surface area contributed by atoms with E-state index in [4.69, 9.17) is 0 Å². The van der Waals surface area contributed by atoms with Crippen molar-refractivity contribution in [2.75, 3.05) is 9.80 Å². The Hall–Kier alpha value is -7.20. The fraction of sp³-hybridized carbons (Fsp3) is 0.0526. The van der Waals surface area contributed by atoms with Gasteiger partial charge in [-0.25, -0.2) is 0 Å². The molecule has 0 amide bonds. The predicted octanol–water partition coefficient (Wildman–Crippen LogP) is 13.6. The van der Waals surface area contributed by atoms with Crippen molar-refractivity contribution in [3.63, 3.8) is 0 Å². The minimum absolute atomic E-state index is 1.03. The van der Waals surface area contributed by atoms with E-state index in [2.05, 4.69) is 252 Å². The first-order valence-electron chi connectivity index (χ1n) is 21.1. The van der Waals surface area contributed by atoms with Gasteiger partial charge >= 0.3 is 0 Å². The number of benzene rings is 9.